The van der Waals surface area contributed by atoms with Crippen LogP contribution in [0.15, 0.2) is 12.1 Å². The van der Waals surface area contributed by atoms with Crippen LogP contribution in [-0.4, -0.2) is 36.1 Å². The summed E-state index contributed by atoms with van der Waals surface area (Å²) >= 11 is 6.27. The van der Waals surface area contributed by atoms with Crippen LogP contribution in [0, 0.1) is 5.92 Å². The zero-order chi connectivity index (χ0) is 17.3. The Morgan fingerprint density at radius 3 is 2.79 bits per heavy atom. The highest BCUT2D eigenvalue weighted by Gasteiger charge is 2.38. The first-order chi connectivity index (χ1) is 11.5. The summed E-state index contributed by atoms with van der Waals surface area (Å²) in [5.41, 5.74) is 0.734. The van der Waals surface area contributed by atoms with Gasteiger partial charge in [0.2, 0.25) is 0 Å². The van der Waals surface area contributed by atoms with Gasteiger partial charge in [-0.25, -0.2) is 4.79 Å². The summed E-state index contributed by atoms with van der Waals surface area (Å²) in [5, 5.41) is 3.17. The Bertz CT molecular complexity index is 662. The highest BCUT2D eigenvalue weighted by molar-refractivity contribution is 6.32. The molecule has 0 aliphatic carbocycles. The van der Waals surface area contributed by atoms with Crippen molar-refractivity contribution in [3.8, 4) is 11.5 Å². The van der Waals surface area contributed by atoms with E-state index in [1.54, 1.807) is 12.1 Å². The predicted molar refractivity (Wildman–Crippen MR) is 89.4 cm³/mol. The molecule has 1 saturated heterocycles. The highest BCUT2D eigenvalue weighted by atomic mass is 35.5. The second kappa shape index (κ2) is 6.89. The number of halogens is 1. The van der Waals surface area contributed by atoms with E-state index in [4.69, 9.17) is 21.1 Å². The molecular weight excluding hydrogens is 332 g/mol. The van der Waals surface area contributed by atoms with Crippen molar-refractivity contribution in [3.05, 3.63) is 22.7 Å². The Morgan fingerprint density at radius 1 is 1.29 bits per heavy atom. The van der Waals surface area contributed by atoms with Crippen LogP contribution < -0.4 is 14.8 Å². The lowest BCUT2D eigenvalue weighted by atomic mass is 10.0. The largest absolute Gasteiger partial charge is 0.489 e. The molecule has 1 aromatic rings. The minimum Gasteiger partial charge on any atom is -0.489 e. The van der Waals surface area contributed by atoms with Crippen molar-refractivity contribution in [2.24, 2.45) is 5.92 Å². The topological polar surface area (TPSA) is 67.9 Å². The Labute approximate surface area is 146 Å². The number of imide groups is 1. The first-order valence-electron chi connectivity index (χ1n) is 8.15. The minimum absolute atomic E-state index is 0.162. The molecule has 6 nitrogen and oxygen atoms in total. The van der Waals surface area contributed by atoms with Crippen molar-refractivity contribution >= 4 is 23.5 Å². The van der Waals surface area contributed by atoms with E-state index in [-0.39, 0.29) is 18.5 Å². The molecule has 1 atom stereocenters. The standard InChI is InChI=1S/C17H21ClN2O4/c1-10(2)6-13-16(21)20(17(22)19-13)9-11-7-12(18)15-14(8-11)23-4-3-5-24-15/h7-8,10,13H,3-6,9H2,1-2H3,(H,19,22)/t13-/m0/s1. The van der Waals surface area contributed by atoms with Crippen LogP contribution >= 0.6 is 11.6 Å². The number of hydrogen-bond donors (Lipinski definition) is 1. The summed E-state index contributed by atoms with van der Waals surface area (Å²) in [4.78, 5) is 25.8. The lowest BCUT2D eigenvalue weighted by molar-refractivity contribution is -0.128. The molecule has 0 bridgehead atoms. The van der Waals surface area contributed by atoms with Gasteiger partial charge in [0.15, 0.2) is 11.5 Å². The molecule has 2 heterocycles. The molecule has 0 unspecified atom stereocenters. The van der Waals surface area contributed by atoms with Gasteiger partial charge in [-0.1, -0.05) is 25.4 Å². The number of carbonyl (C=O) groups is 2. The normalized spacial score (nSPS) is 20.3. The SMILES string of the molecule is CC(C)C[C@@H]1NC(=O)N(Cc2cc(Cl)c3c(c2)OCCCO3)C1=O. The molecule has 1 aromatic carbocycles. The number of amides is 3. The number of benzene rings is 1. The van der Waals surface area contributed by atoms with Gasteiger partial charge < -0.3 is 14.8 Å². The molecule has 0 spiro atoms. The second-order valence-corrected chi connectivity index (χ2v) is 6.92. The van der Waals surface area contributed by atoms with E-state index >= 15 is 0 Å². The van der Waals surface area contributed by atoms with Gasteiger partial charge in [0.1, 0.15) is 6.04 Å². The minimum atomic E-state index is -0.451. The third-order valence-corrected chi connectivity index (χ3v) is 4.30. The highest BCUT2D eigenvalue weighted by Crippen LogP contribution is 2.38. The Morgan fingerprint density at radius 2 is 2.04 bits per heavy atom. The van der Waals surface area contributed by atoms with Crippen molar-refractivity contribution in [2.75, 3.05) is 13.2 Å². The zero-order valence-corrected chi connectivity index (χ0v) is 14.6. The maximum Gasteiger partial charge on any atom is 0.325 e. The number of fused-ring (bicyclic) bond motifs is 1. The molecule has 130 valence electrons. The maximum atomic E-state index is 12.4. The van der Waals surface area contributed by atoms with E-state index < -0.39 is 6.04 Å². The summed E-state index contributed by atoms with van der Waals surface area (Å²) in [7, 11) is 0. The van der Waals surface area contributed by atoms with Gasteiger partial charge >= 0.3 is 6.03 Å². The van der Waals surface area contributed by atoms with Crippen LogP contribution in [0.3, 0.4) is 0 Å². The third-order valence-electron chi connectivity index (χ3n) is 4.02. The molecule has 1 N–H and O–H groups in total. The van der Waals surface area contributed by atoms with Crippen molar-refractivity contribution in [3.63, 3.8) is 0 Å². The third kappa shape index (κ3) is 3.43. The number of urea groups is 1. The lowest BCUT2D eigenvalue weighted by Gasteiger charge is -2.16. The summed E-state index contributed by atoms with van der Waals surface area (Å²) < 4.78 is 11.2. The molecule has 1 fully saturated rings. The summed E-state index contributed by atoms with van der Waals surface area (Å²) in [6, 6.07) is 2.68. The lowest BCUT2D eigenvalue weighted by Crippen LogP contribution is -2.31. The van der Waals surface area contributed by atoms with Crippen molar-refractivity contribution in [1.82, 2.24) is 10.2 Å². The summed E-state index contributed by atoms with van der Waals surface area (Å²) in [6.07, 6.45) is 1.41. The zero-order valence-electron chi connectivity index (χ0n) is 13.8. The molecule has 2 aliphatic rings. The smallest absolute Gasteiger partial charge is 0.325 e. The Balaban J connectivity index is 1.79. The van der Waals surface area contributed by atoms with Crippen LogP contribution in [0.5, 0.6) is 11.5 Å². The molecule has 0 saturated carbocycles. The number of hydrogen-bond acceptors (Lipinski definition) is 4. The second-order valence-electron chi connectivity index (χ2n) is 6.51. The van der Waals surface area contributed by atoms with E-state index in [1.165, 1.54) is 4.90 Å². The number of nitrogens with one attached hydrogen (secondary N) is 1. The number of ether oxygens (including phenoxy) is 2. The molecule has 24 heavy (non-hydrogen) atoms. The average Bonchev–Trinajstić information content (AvgIpc) is 2.70. The number of carbonyl (C=O) groups excluding carboxylic acids is 2. The van der Waals surface area contributed by atoms with Gasteiger partial charge in [-0.05, 0) is 30.0 Å². The van der Waals surface area contributed by atoms with Crippen molar-refractivity contribution < 1.29 is 19.1 Å². The molecule has 7 heteroatoms. The van der Waals surface area contributed by atoms with Gasteiger partial charge in [-0.15, -0.1) is 0 Å². The van der Waals surface area contributed by atoms with Gasteiger partial charge in [0.25, 0.3) is 5.91 Å². The molecule has 3 amide bonds. The van der Waals surface area contributed by atoms with Gasteiger partial charge in [0.05, 0.1) is 24.8 Å². The average molecular weight is 353 g/mol. The van der Waals surface area contributed by atoms with Crippen LogP contribution in [0.25, 0.3) is 0 Å². The van der Waals surface area contributed by atoms with Crippen molar-refractivity contribution in [1.29, 1.82) is 0 Å². The van der Waals surface area contributed by atoms with E-state index in [0.29, 0.717) is 42.1 Å². The Kier molecular flexibility index (Phi) is 4.85. The first kappa shape index (κ1) is 16.9. The van der Waals surface area contributed by atoms with E-state index in [9.17, 15) is 9.59 Å². The molecule has 3 rings (SSSR count). The Hall–Kier alpha value is -1.95. The monoisotopic (exact) mass is 352 g/mol. The van der Waals surface area contributed by atoms with Crippen LogP contribution in [-0.2, 0) is 11.3 Å². The molecule has 0 aromatic heterocycles. The van der Waals surface area contributed by atoms with Crippen molar-refractivity contribution in [2.45, 2.75) is 39.3 Å². The van der Waals surface area contributed by atoms with Crippen LogP contribution in [0.2, 0.25) is 5.02 Å². The maximum absolute atomic E-state index is 12.4. The number of rotatable bonds is 4. The van der Waals surface area contributed by atoms with Gasteiger partial charge in [-0.3, -0.25) is 9.69 Å². The summed E-state index contributed by atoms with van der Waals surface area (Å²) in [6.45, 7) is 5.30. The van der Waals surface area contributed by atoms with E-state index in [0.717, 1.165) is 12.0 Å². The van der Waals surface area contributed by atoms with Gasteiger partial charge in [-0.2, -0.15) is 0 Å². The number of nitrogens with zero attached hydrogens (tertiary/aromatic N) is 1. The van der Waals surface area contributed by atoms with Crippen LogP contribution in [0.1, 0.15) is 32.3 Å². The summed E-state index contributed by atoms with van der Waals surface area (Å²) in [5.74, 6) is 1.21. The molecule has 2 aliphatic heterocycles. The van der Waals surface area contributed by atoms with Crippen LogP contribution in [0.4, 0.5) is 4.79 Å². The first-order valence-corrected chi connectivity index (χ1v) is 8.53. The fourth-order valence-electron chi connectivity index (χ4n) is 2.92. The molecular formula is C17H21ClN2O4. The molecule has 0 radical (unpaired) electrons. The van der Waals surface area contributed by atoms with Gasteiger partial charge in [0, 0.05) is 6.42 Å². The predicted octanol–water partition coefficient (Wildman–Crippen LogP) is 2.97. The van der Waals surface area contributed by atoms with E-state index in [1.807, 2.05) is 13.8 Å². The fraction of sp³-hybridized carbons (Fsp3) is 0.529. The fourth-order valence-corrected chi connectivity index (χ4v) is 3.20. The quantitative estimate of drug-likeness (QED) is 0.846. The van der Waals surface area contributed by atoms with E-state index in [2.05, 4.69) is 5.32 Å².